The Balaban J connectivity index is 2.25. The molecule has 0 fully saturated rings. The zero-order valence-electron chi connectivity index (χ0n) is 10.5. The van der Waals surface area contributed by atoms with Gasteiger partial charge >= 0.3 is 5.97 Å². The van der Waals surface area contributed by atoms with Gasteiger partial charge in [0, 0.05) is 17.3 Å². The second kappa shape index (κ2) is 4.97. The molecular formula is C13H13FN2O2S. The Bertz CT molecular complexity index is 597. The molecule has 0 aliphatic carbocycles. The predicted octanol–water partition coefficient (Wildman–Crippen LogP) is 3.33. The lowest BCUT2D eigenvalue weighted by atomic mass is 10.1. The van der Waals surface area contributed by atoms with Crippen LogP contribution in [0.1, 0.15) is 29.2 Å². The molecule has 4 nitrogen and oxygen atoms in total. The number of aromatic carboxylic acids is 1. The Labute approximate surface area is 113 Å². The van der Waals surface area contributed by atoms with Crippen molar-refractivity contribution in [2.45, 2.75) is 19.4 Å². The van der Waals surface area contributed by atoms with Crippen LogP contribution < -0.4 is 5.32 Å². The molecule has 0 saturated carbocycles. The SMILES string of the molecule is CC(C)(Nc1ccc(C(=O)O)c(F)c1)c1nccs1. The number of carboxylic acids is 1. The lowest BCUT2D eigenvalue weighted by molar-refractivity contribution is 0.0692. The summed E-state index contributed by atoms with van der Waals surface area (Å²) in [6.07, 6.45) is 1.71. The first-order chi connectivity index (χ1) is 8.90. The third-order valence-electron chi connectivity index (χ3n) is 2.62. The van der Waals surface area contributed by atoms with E-state index < -0.39 is 17.3 Å². The van der Waals surface area contributed by atoms with Gasteiger partial charge in [-0.15, -0.1) is 11.3 Å². The molecule has 0 atom stereocenters. The fraction of sp³-hybridized carbons (Fsp3) is 0.231. The number of aromatic nitrogens is 1. The van der Waals surface area contributed by atoms with E-state index in [0.717, 1.165) is 5.01 Å². The van der Waals surface area contributed by atoms with Crippen LogP contribution in [0, 0.1) is 5.82 Å². The highest BCUT2D eigenvalue weighted by Crippen LogP contribution is 2.27. The first kappa shape index (κ1) is 13.5. The van der Waals surface area contributed by atoms with Crippen LogP contribution in [0.2, 0.25) is 0 Å². The van der Waals surface area contributed by atoms with Gasteiger partial charge in [-0.3, -0.25) is 0 Å². The number of rotatable bonds is 4. The predicted molar refractivity (Wildman–Crippen MR) is 72.1 cm³/mol. The van der Waals surface area contributed by atoms with E-state index in [1.54, 1.807) is 12.3 Å². The van der Waals surface area contributed by atoms with Crippen LogP contribution in [0.25, 0.3) is 0 Å². The minimum atomic E-state index is -1.27. The Hall–Kier alpha value is -1.95. The largest absolute Gasteiger partial charge is 0.478 e. The number of nitrogens with zero attached hydrogens (tertiary/aromatic N) is 1. The molecule has 6 heteroatoms. The second-order valence-electron chi connectivity index (χ2n) is 4.59. The highest BCUT2D eigenvalue weighted by Gasteiger charge is 2.23. The summed E-state index contributed by atoms with van der Waals surface area (Å²) in [4.78, 5) is 15.0. The average Bonchev–Trinajstić information content (AvgIpc) is 2.81. The number of hydrogen-bond donors (Lipinski definition) is 2. The van der Waals surface area contributed by atoms with Crippen molar-refractivity contribution in [2.24, 2.45) is 0 Å². The normalized spacial score (nSPS) is 11.3. The number of nitrogens with one attached hydrogen (secondary N) is 1. The molecule has 0 aliphatic rings. The van der Waals surface area contributed by atoms with E-state index in [2.05, 4.69) is 10.3 Å². The molecule has 0 unspecified atom stereocenters. The zero-order chi connectivity index (χ0) is 14.0. The molecular weight excluding hydrogens is 267 g/mol. The monoisotopic (exact) mass is 280 g/mol. The Morgan fingerprint density at radius 1 is 1.47 bits per heavy atom. The highest BCUT2D eigenvalue weighted by atomic mass is 32.1. The summed E-state index contributed by atoms with van der Waals surface area (Å²) in [5, 5.41) is 14.7. The number of halogens is 1. The minimum absolute atomic E-state index is 0.336. The second-order valence-corrected chi connectivity index (χ2v) is 5.48. The number of thiazole rings is 1. The smallest absolute Gasteiger partial charge is 0.338 e. The van der Waals surface area contributed by atoms with Gasteiger partial charge in [0.2, 0.25) is 0 Å². The van der Waals surface area contributed by atoms with Gasteiger partial charge in [0.05, 0.1) is 11.1 Å². The minimum Gasteiger partial charge on any atom is -0.478 e. The van der Waals surface area contributed by atoms with Crippen LogP contribution in [0.4, 0.5) is 10.1 Å². The maximum absolute atomic E-state index is 13.6. The summed E-state index contributed by atoms with van der Waals surface area (Å²) in [5.41, 5.74) is -0.272. The van der Waals surface area contributed by atoms with E-state index in [9.17, 15) is 9.18 Å². The summed E-state index contributed by atoms with van der Waals surface area (Å²) >= 11 is 1.50. The number of hydrogen-bond acceptors (Lipinski definition) is 4. The zero-order valence-corrected chi connectivity index (χ0v) is 11.3. The van der Waals surface area contributed by atoms with Crippen molar-refractivity contribution in [3.05, 3.63) is 46.2 Å². The standard InChI is InChI=1S/C13H13FN2O2S/c1-13(2,12-15-5-6-19-12)16-8-3-4-9(11(17)18)10(14)7-8/h3-7,16H,1-2H3,(H,17,18). The van der Waals surface area contributed by atoms with Crippen LogP contribution in [-0.2, 0) is 5.54 Å². The summed E-state index contributed by atoms with van der Waals surface area (Å²) < 4.78 is 13.6. The first-order valence-electron chi connectivity index (χ1n) is 5.61. The lowest BCUT2D eigenvalue weighted by Gasteiger charge is -2.25. The van der Waals surface area contributed by atoms with E-state index in [-0.39, 0.29) is 5.56 Å². The number of anilines is 1. The molecule has 0 spiro atoms. The van der Waals surface area contributed by atoms with Crippen LogP contribution in [-0.4, -0.2) is 16.1 Å². The third-order valence-corrected chi connectivity index (χ3v) is 3.72. The Morgan fingerprint density at radius 3 is 2.74 bits per heavy atom. The summed E-state index contributed by atoms with van der Waals surface area (Å²) in [7, 11) is 0. The summed E-state index contributed by atoms with van der Waals surface area (Å²) in [5.74, 6) is -2.03. The van der Waals surface area contributed by atoms with Gasteiger partial charge in [-0.05, 0) is 32.0 Å². The van der Waals surface area contributed by atoms with Gasteiger partial charge in [0.1, 0.15) is 10.8 Å². The molecule has 0 bridgehead atoms. The van der Waals surface area contributed by atoms with Crippen molar-refractivity contribution in [2.75, 3.05) is 5.32 Å². The van der Waals surface area contributed by atoms with Gasteiger partial charge in [-0.25, -0.2) is 14.2 Å². The van der Waals surface area contributed by atoms with Crippen LogP contribution in [0.5, 0.6) is 0 Å². The van der Waals surface area contributed by atoms with E-state index in [1.165, 1.54) is 23.5 Å². The number of carboxylic acid groups (broad SMARTS) is 1. The molecule has 1 heterocycles. The highest BCUT2D eigenvalue weighted by molar-refractivity contribution is 7.09. The van der Waals surface area contributed by atoms with Crippen LogP contribution >= 0.6 is 11.3 Å². The van der Waals surface area contributed by atoms with Crippen LogP contribution in [0.15, 0.2) is 29.8 Å². The molecule has 0 amide bonds. The molecule has 1 aromatic heterocycles. The quantitative estimate of drug-likeness (QED) is 0.901. The number of benzene rings is 1. The maximum atomic E-state index is 13.6. The van der Waals surface area contributed by atoms with Crippen molar-refractivity contribution >= 4 is 23.0 Å². The van der Waals surface area contributed by atoms with E-state index in [0.29, 0.717) is 5.69 Å². The van der Waals surface area contributed by atoms with E-state index in [1.807, 2.05) is 19.2 Å². The van der Waals surface area contributed by atoms with Crippen molar-refractivity contribution in [1.29, 1.82) is 0 Å². The molecule has 2 N–H and O–H groups in total. The lowest BCUT2D eigenvalue weighted by Crippen LogP contribution is -2.27. The van der Waals surface area contributed by atoms with Crippen LogP contribution in [0.3, 0.4) is 0 Å². The average molecular weight is 280 g/mol. The Morgan fingerprint density at radius 2 is 2.21 bits per heavy atom. The molecule has 0 saturated heterocycles. The topological polar surface area (TPSA) is 62.2 Å². The van der Waals surface area contributed by atoms with E-state index in [4.69, 9.17) is 5.11 Å². The summed E-state index contributed by atoms with van der Waals surface area (Å²) in [6.45, 7) is 3.85. The van der Waals surface area contributed by atoms with Gasteiger partial charge in [-0.2, -0.15) is 0 Å². The van der Waals surface area contributed by atoms with Gasteiger partial charge < -0.3 is 10.4 Å². The Kier molecular flexibility index (Phi) is 3.53. The molecule has 1 aromatic carbocycles. The first-order valence-corrected chi connectivity index (χ1v) is 6.49. The van der Waals surface area contributed by atoms with Gasteiger partial charge in [0.25, 0.3) is 0 Å². The molecule has 0 radical (unpaired) electrons. The number of carbonyl (C=O) groups is 1. The third kappa shape index (κ3) is 2.90. The van der Waals surface area contributed by atoms with Crippen molar-refractivity contribution < 1.29 is 14.3 Å². The fourth-order valence-corrected chi connectivity index (χ4v) is 2.43. The molecule has 2 rings (SSSR count). The van der Waals surface area contributed by atoms with Gasteiger partial charge in [-0.1, -0.05) is 0 Å². The van der Waals surface area contributed by atoms with Gasteiger partial charge in [0.15, 0.2) is 0 Å². The van der Waals surface area contributed by atoms with E-state index >= 15 is 0 Å². The molecule has 19 heavy (non-hydrogen) atoms. The summed E-state index contributed by atoms with van der Waals surface area (Å²) in [6, 6.07) is 3.97. The molecule has 100 valence electrons. The fourth-order valence-electron chi connectivity index (χ4n) is 1.71. The van der Waals surface area contributed by atoms with Crippen molar-refractivity contribution in [3.63, 3.8) is 0 Å². The van der Waals surface area contributed by atoms with Crippen molar-refractivity contribution in [1.82, 2.24) is 4.98 Å². The molecule has 2 aromatic rings. The molecule has 0 aliphatic heterocycles. The van der Waals surface area contributed by atoms with Crippen molar-refractivity contribution in [3.8, 4) is 0 Å². The maximum Gasteiger partial charge on any atom is 0.338 e.